The van der Waals surface area contributed by atoms with Gasteiger partial charge in [-0.1, -0.05) is 43.7 Å². The van der Waals surface area contributed by atoms with Crippen LogP contribution in [0, 0.1) is 18.8 Å². The predicted octanol–water partition coefficient (Wildman–Crippen LogP) is 5.12. The maximum atomic E-state index is 13.0. The Morgan fingerprint density at radius 3 is 2.12 bits per heavy atom. The van der Waals surface area contributed by atoms with Gasteiger partial charge in [-0.2, -0.15) is 0 Å². The number of nitrogens with zero attached hydrogens (tertiary/aromatic N) is 2. The molecule has 1 heterocycles. The van der Waals surface area contributed by atoms with Crippen LogP contribution in [-0.2, 0) is 11.3 Å². The SMILES string of the molecule is COc1cc(CN2C[C@@H](CN(C(=O)C(C)C)C(C)C)[C@H](c3ccc(C)cc3)C2)cc(OC)c1. The van der Waals surface area contributed by atoms with E-state index in [1.807, 2.05) is 19.9 Å². The first-order valence-corrected chi connectivity index (χ1v) is 12.0. The van der Waals surface area contributed by atoms with E-state index in [2.05, 4.69) is 67.0 Å². The molecule has 0 unspecified atom stereocenters. The van der Waals surface area contributed by atoms with Crippen molar-refractivity contribution in [2.45, 2.75) is 53.1 Å². The molecule has 0 aromatic heterocycles. The van der Waals surface area contributed by atoms with E-state index in [0.29, 0.717) is 11.8 Å². The fraction of sp³-hybridized carbons (Fsp3) is 0.536. The fourth-order valence-electron chi connectivity index (χ4n) is 4.82. The molecule has 0 bridgehead atoms. The number of aryl methyl sites for hydroxylation is 1. The zero-order valence-electron chi connectivity index (χ0n) is 21.3. The number of carbonyl (C=O) groups is 1. The lowest BCUT2D eigenvalue weighted by molar-refractivity contribution is -0.136. The van der Waals surface area contributed by atoms with Gasteiger partial charge in [0, 0.05) is 50.1 Å². The second-order valence-corrected chi connectivity index (χ2v) is 9.93. The van der Waals surface area contributed by atoms with Gasteiger partial charge in [0.25, 0.3) is 0 Å². The molecule has 5 nitrogen and oxygen atoms in total. The first-order chi connectivity index (χ1) is 15.7. The summed E-state index contributed by atoms with van der Waals surface area (Å²) in [5.74, 6) is 2.63. The predicted molar refractivity (Wildman–Crippen MR) is 134 cm³/mol. The molecule has 0 aliphatic carbocycles. The Balaban J connectivity index is 1.85. The summed E-state index contributed by atoms with van der Waals surface area (Å²) in [5, 5.41) is 0. The summed E-state index contributed by atoms with van der Waals surface area (Å²) >= 11 is 0. The summed E-state index contributed by atoms with van der Waals surface area (Å²) in [6.45, 7) is 13.9. The van der Waals surface area contributed by atoms with E-state index in [0.717, 1.165) is 37.7 Å². The van der Waals surface area contributed by atoms with Crippen molar-refractivity contribution in [2.75, 3.05) is 33.9 Å². The van der Waals surface area contributed by atoms with Crippen molar-refractivity contribution in [3.05, 3.63) is 59.2 Å². The van der Waals surface area contributed by atoms with E-state index in [-0.39, 0.29) is 17.9 Å². The summed E-state index contributed by atoms with van der Waals surface area (Å²) in [4.78, 5) is 17.5. The minimum atomic E-state index is 0.00646. The highest BCUT2D eigenvalue weighted by Gasteiger charge is 2.36. The molecule has 0 spiro atoms. The minimum Gasteiger partial charge on any atom is -0.497 e. The van der Waals surface area contributed by atoms with Crippen LogP contribution in [0.2, 0.25) is 0 Å². The lowest BCUT2D eigenvalue weighted by Crippen LogP contribution is -2.43. The number of carbonyl (C=O) groups excluding carboxylic acids is 1. The summed E-state index contributed by atoms with van der Waals surface area (Å²) in [5.41, 5.74) is 3.80. The van der Waals surface area contributed by atoms with Crippen LogP contribution in [0.3, 0.4) is 0 Å². The average molecular weight is 453 g/mol. The molecule has 3 rings (SSSR count). The molecule has 2 aromatic carbocycles. The smallest absolute Gasteiger partial charge is 0.225 e. The Morgan fingerprint density at radius 1 is 1.00 bits per heavy atom. The lowest BCUT2D eigenvalue weighted by atomic mass is 9.87. The van der Waals surface area contributed by atoms with Gasteiger partial charge >= 0.3 is 0 Å². The van der Waals surface area contributed by atoms with Crippen molar-refractivity contribution in [2.24, 2.45) is 11.8 Å². The second kappa shape index (κ2) is 11.1. The molecule has 1 fully saturated rings. The number of ether oxygens (including phenoxy) is 2. The molecule has 33 heavy (non-hydrogen) atoms. The molecule has 2 aromatic rings. The van der Waals surface area contributed by atoms with Crippen LogP contribution in [0.1, 0.15) is 50.3 Å². The van der Waals surface area contributed by atoms with Crippen molar-refractivity contribution in [1.82, 2.24) is 9.80 Å². The van der Waals surface area contributed by atoms with Gasteiger partial charge in [0.1, 0.15) is 11.5 Å². The number of hydrogen-bond acceptors (Lipinski definition) is 4. The van der Waals surface area contributed by atoms with E-state index in [9.17, 15) is 4.79 Å². The van der Waals surface area contributed by atoms with Crippen LogP contribution in [0.15, 0.2) is 42.5 Å². The molecule has 1 aliphatic rings. The van der Waals surface area contributed by atoms with Crippen LogP contribution >= 0.6 is 0 Å². The maximum absolute atomic E-state index is 13.0. The Labute approximate surface area is 199 Å². The highest BCUT2D eigenvalue weighted by Crippen LogP contribution is 2.35. The van der Waals surface area contributed by atoms with Crippen LogP contribution in [-0.4, -0.2) is 55.6 Å². The Kier molecular flexibility index (Phi) is 8.41. The molecule has 1 aliphatic heterocycles. The van der Waals surface area contributed by atoms with Crippen LogP contribution in [0.4, 0.5) is 0 Å². The Morgan fingerprint density at radius 2 is 1.61 bits per heavy atom. The summed E-state index contributed by atoms with van der Waals surface area (Å²) < 4.78 is 10.9. The Bertz CT molecular complexity index is 901. The van der Waals surface area contributed by atoms with Crippen LogP contribution < -0.4 is 9.47 Å². The highest BCUT2D eigenvalue weighted by atomic mass is 16.5. The standard InChI is InChI=1S/C28H40N2O3/c1-19(2)28(31)30(20(3)4)17-24-16-29(18-27(24)23-10-8-21(5)9-11-23)15-22-12-25(32-6)14-26(13-22)33-7/h8-14,19-20,24,27H,15-18H2,1-7H3/t24-,27-/m0/s1. The summed E-state index contributed by atoms with van der Waals surface area (Å²) in [6, 6.07) is 15.2. The van der Waals surface area contributed by atoms with E-state index >= 15 is 0 Å². The number of methoxy groups -OCH3 is 2. The molecule has 180 valence electrons. The molecular formula is C28H40N2O3. The summed E-state index contributed by atoms with van der Waals surface area (Å²) in [6.07, 6.45) is 0. The van der Waals surface area contributed by atoms with Gasteiger partial charge in [-0.25, -0.2) is 0 Å². The topological polar surface area (TPSA) is 42.0 Å². The van der Waals surface area contributed by atoms with E-state index in [1.54, 1.807) is 14.2 Å². The largest absolute Gasteiger partial charge is 0.497 e. The molecule has 1 amide bonds. The fourth-order valence-corrected chi connectivity index (χ4v) is 4.82. The van der Waals surface area contributed by atoms with Gasteiger partial charge in [-0.15, -0.1) is 0 Å². The van der Waals surface area contributed by atoms with Gasteiger partial charge in [0.15, 0.2) is 0 Å². The quantitative estimate of drug-likeness (QED) is 0.530. The normalized spacial score (nSPS) is 18.7. The van der Waals surface area contributed by atoms with Crippen LogP contribution in [0.5, 0.6) is 11.5 Å². The summed E-state index contributed by atoms with van der Waals surface area (Å²) in [7, 11) is 3.37. The van der Waals surface area contributed by atoms with Crippen molar-refractivity contribution in [3.8, 4) is 11.5 Å². The zero-order valence-corrected chi connectivity index (χ0v) is 21.3. The van der Waals surface area contributed by atoms with Gasteiger partial charge in [0.2, 0.25) is 5.91 Å². The monoisotopic (exact) mass is 452 g/mol. The molecule has 0 saturated carbocycles. The number of benzene rings is 2. The van der Waals surface area contributed by atoms with E-state index in [1.165, 1.54) is 16.7 Å². The number of amides is 1. The maximum Gasteiger partial charge on any atom is 0.225 e. The van der Waals surface area contributed by atoms with Gasteiger partial charge < -0.3 is 14.4 Å². The number of rotatable bonds is 9. The molecular weight excluding hydrogens is 412 g/mol. The molecule has 5 heteroatoms. The second-order valence-electron chi connectivity index (χ2n) is 9.93. The van der Waals surface area contributed by atoms with Crippen molar-refractivity contribution >= 4 is 5.91 Å². The Hall–Kier alpha value is -2.53. The zero-order chi connectivity index (χ0) is 24.1. The third-order valence-electron chi connectivity index (χ3n) is 6.67. The molecule has 1 saturated heterocycles. The third-order valence-corrected chi connectivity index (χ3v) is 6.67. The number of likely N-dealkylation sites (tertiary alicyclic amines) is 1. The first kappa shape index (κ1) is 25.1. The first-order valence-electron chi connectivity index (χ1n) is 12.0. The van der Waals surface area contributed by atoms with Crippen molar-refractivity contribution < 1.29 is 14.3 Å². The van der Waals surface area contributed by atoms with Gasteiger partial charge in [-0.3, -0.25) is 9.69 Å². The van der Waals surface area contributed by atoms with E-state index in [4.69, 9.17) is 9.47 Å². The van der Waals surface area contributed by atoms with Gasteiger partial charge in [0.05, 0.1) is 14.2 Å². The third kappa shape index (κ3) is 6.29. The van der Waals surface area contributed by atoms with Crippen molar-refractivity contribution in [1.29, 1.82) is 0 Å². The average Bonchev–Trinajstić information content (AvgIpc) is 3.18. The molecule has 0 radical (unpaired) electrons. The van der Waals surface area contributed by atoms with Gasteiger partial charge in [-0.05, 0) is 49.9 Å². The minimum absolute atomic E-state index is 0.00646. The number of hydrogen-bond donors (Lipinski definition) is 0. The molecule has 0 N–H and O–H groups in total. The highest BCUT2D eigenvalue weighted by molar-refractivity contribution is 5.78. The molecule has 2 atom stereocenters. The van der Waals surface area contributed by atoms with E-state index < -0.39 is 0 Å². The lowest BCUT2D eigenvalue weighted by Gasteiger charge is -2.33. The van der Waals surface area contributed by atoms with Crippen molar-refractivity contribution in [3.63, 3.8) is 0 Å². The van der Waals surface area contributed by atoms with Crippen LogP contribution in [0.25, 0.3) is 0 Å².